The van der Waals surface area contributed by atoms with Gasteiger partial charge in [0.15, 0.2) is 16.5 Å². The molecule has 0 saturated heterocycles. The van der Waals surface area contributed by atoms with Gasteiger partial charge in [-0.1, -0.05) is 11.6 Å². The summed E-state index contributed by atoms with van der Waals surface area (Å²) in [5.74, 6) is 0.551. The van der Waals surface area contributed by atoms with E-state index in [1.54, 1.807) is 25.1 Å². The second-order valence-electron chi connectivity index (χ2n) is 5.87. The van der Waals surface area contributed by atoms with E-state index in [-0.39, 0.29) is 5.91 Å². The predicted molar refractivity (Wildman–Crippen MR) is 104 cm³/mol. The summed E-state index contributed by atoms with van der Waals surface area (Å²) < 4.78 is 13.2. The molecule has 1 amide bonds. The maximum atomic E-state index is 12.6. The molecule has 0 saturated carbocycles. The van der Waals surface area contributed by atoms with Crippen molar-refractivity contribution < 1.29 is 9.35 Å². The summed E-state index contributed by atoms with van der Waals surface area (Å²) in [6, 6.07) is 9.37. The van der Waals surface area contributed by atoms with Gasteiger partial charge in [-0.2, -0.15) is 15.0 Å². The van der Waals surface area contributed by atoms with E-state index in [4.69, 9.17) is 16.9 Å². The van der Waals surface area contributed by atoms with Crippen molar-refractivity contribution in [1.82, 2.24) is 25.1 Å². The van der Waals surface area contributed by atoms with Gasteiger partial charge in [-0.05, 0) is 36.3 Å². The average Bonchev–Trinajstić information content (AvgIpc) is 3.17. The van der Waals surface area contributed by atoms with Crippen LogP contribution in [0.25, 0.3) is 5.82 Å². The molecule has 3 aromatic rings. The molecule has 0 aliphatic rings. The van der Waals surface area contributed by atoms with E-state index in [1.807, 2.05) is 6.07 Å². The minimum Gasteiger partial charge on any atom is -0.612 e. The number of hydrogen-bond acceptors (Lipinski definition) is 6. The van der Waals surface area contributed by atoms with Gasteiger partial charge in [0.2, 0.25) is 0 Å². The quantitative estimate of drug-likeness (QED) is 0.640. The standard InChI is InChI=1S/C18H15ClN6O2S/c1-11(24-18(26)13-5-14(19)7-15(6-13)28(2)27)17-22-10-23-25(17)16-4-3-12(8-20)9-21-16/h3-7,9-11H,1-2H3,(H,24,26)/t11-,28?/m1/s1. The van der Waals surface area contributed by atoms with Gasteiger partial charge in [-0.15, -0.1) is 0 Å². The van der Waals surface area contributed by atoms with Crippen LogP contribution < -0.4 is 5.32 Å². The molecule has 28 heavy (non-hydrogen) atoms. The zero-order valence-electron chi connectivity index (χ0n) is 15.0. The van der Waals surface area contributed by atoms with Gasteiger partial charge < -0.3 is 9.87 Å². The molecule has 2 heterocycles. The van der Waals surface area contributed by atoms with Crippen molar-refractivity contribution in [1.29, 1.82) is 5.26 Å². The molecule has 3 rings (SSSR count). The van der Waals surface area contributed by atoms with Gasteiger partial charge >= 0.3 is 0 Å². The molecule has 0 aliphatic heterocycles. The molecular formula is C18H15ClN6O2S. The number of nitriles is 1. The molecule has 1 unspecified atom stereocenters. The number of rotatable bonds is 5. The summed E-state index contributed by atoms with van der Waals surface area (Å²) in [6.07, 6.45) is 4.31. The fraction of sp³-hybridized carbons (Fsp3) is 0.167. The maximum Gasteiger partial charge on any atom is 0.252 e. The van der Waals surface area contributed by atoms with Crippen molar-refractivity contribution in [2.75, 3.05) is 6.26 Å². The third-order valence-corrected chi connectivity index (χ3v) is 4.99. The molecule has 10 heteroatoms. The van der Waals surface area contributed by atoms with E-state index in [1.165, 1.54) is 35.6 Å². The van der Waals surface area contributed by atoms with E-state index in [0.29, 0.717) is 32.7 Å². The molecule has 8 nitrogen and oxygen atoms in total. The minimum atomic E-state index is -1.26. The van der Waals surface area contributed by atoms with Crippen molar-refractivity contribution in [3.8, 4) is 11.9 Å². The van der Waals surface area contributed by atoms with Crippen molar-refractivity contribution in [3.05, 3.63) is 64.8 Å². The lowest BCUT2D eigenvalue weighted by Crippen LogP contribution is -2.29. The molecule has 2 atom stereocenters. The maximum absolute atomic E-state index is 12.6. The summed E-state index contributed by atoms with van der Waals surface area (Å²) in [6.45, 7) is 1.76. The van der Waals surface area contributed by atoms with Crippen LogP contribution in [0.1, 0.15) is 34.7 Å². The van der Waals surface area contributed by atoms with Crippen LogP contribution in [-0.4, -0.2) is 36.5 Å². The molecule has 0 fully saturated rings. The molecule has 1 N–H and O–H groups in total. The first-order valence-corrected chi connectivity index (χ1v) is 10.0. The topological polar surface area (TPSA) is 120 Å². The summed E-state index contributed by atoms with van der Waals surface area (Å²) in [5, 5.41) is 16.2. The Labute approximate surface area is 169 Å². The van der Waals surface area contributed by atoms with Crippen molar-refractivity contribution in [2.24, 2.45) is 0 Å². The average molecular weight is 415 g/mol. The number of halogens is 1. The summed E-state index contributed by atoms with van der Waals surface area (Å²) in [7, 11) is 0. The third-order valence-electron chi connectivity index (χ3n) is 3.87. The molecule has 1 aromatic carbocycles. The SMILES string of the molecule is C[C@@H](NC(=O)c1cc(Cl)cc([S+](C)[O-])c1)c1ncnn1-c1ccc(C#N)cn1. The fourth-order valence-corrected chi connectivity index (χ4v) is 3.39. The highest BCUT2D eigenvalue weighted by Gasteiger charge is 2.20. The van der Waals surface area contributed by atoms with Gasteiger partial charge in [0.05, 0.1) is 11.6 Å². The zero-order chi connectivity index (χ0) is 20.3. The Bertz CT molecular complexity index is 1040. The van der Waals surface area contributed by atoms with Gasteiger partial charge in [0.25, 0.3) is 5.91 Å². The second kappa shape index (κ2) is 8.39. The van der Waals surface area contributed by atoms with Gasteiger partial charge in [-0.3, -0.25) is 4.79 Å². The Morgan fingerprint density at radius 2 is 2.14 bits per heavy atom. The van der Waals surface area contributed by atoms with Crippen LogP contribution in [0.4, 0.5) is 0 Å². The normalized spacial score (nSPS) is 12.8. The lowest BCUT2D eigenvalue weighted by molar-refractivity contribution is 0.0937. The summed E-state index contributed by atoms with van der Waals surface area (Å²) in [5.41, 5.74) is 0.726. The van der Waals surface area contributed by atoms with E-state index < -0.39 is 17.2 Å². The van der Waals surface area contributed by atoms with Gasteiger partial charge in [-0.25, -0.2) is 9.97 Å². The number of nitrogens with zero attached hydrogens (tertiary/aromatic N) is 5. The first-order chi connectivity index (χ1) is 13.4. The van der Waals surface area contributed by atoms with Crippen LogP contribution >= 0.6 is 11.6 Å². The lowest BCUT2D eigenvalue weighted by Gasteiger charge is -2.15. The van der Waals surface area contributed by atoms with Crippen molar-refractivity contribution >= 4 is 28.7 Å². The van der Waals surface area contributed by atoms with Crippen LogP contribution in [0.5, 0.6) is 0 Å². The summed E-state index contributed by atoms with van der Waals surface area (Å²) in [4.78, 5) is 21.5. The number of carbonyl (C=O) groups is 1. The Hall–Kier alpha value is -2.93. The Morgan fingerprint density at radius 3 is 2.79 bits per heavy atom. The number of aromatic nitrogens is 4. The first-order valence-electron chi connectivity index (χ1n) is 8.10. The van der Waals surface area contributed by atoms with E-state index in [9.17, 15) is 9.35 Å². The molecule has 0 radical (unpaired) electrons. The Balaban J connectivity index is 1.82. The molecule has 142 valence electrons. The van der Waals surface area contributed by atoms with E-state index in [2.05, 4.69) is 20.4 Å². The minimum absolute atomic E-state index is 0.298. The third kappa shape index (κ3) is 4.31. The van der Waals surface area contributed by atoms with Crippen LogP contribution in [0.2, 0.25) is 5.02 Å². The van der Waals surface area contributed by atoms with Gasteiger partial charge in [0, 0.05) is 28.9 Å². The van der Waals surface area contributed by atoms with E-state index >= 15 is 0 Å². The summed E-state index contributed by atoms with van der Waals surface area (Å²) >= 11 is 4.77. The number of amides is 1. The number of pyridine rings is 1. The highest BCUT2D eigenvalue weighted by molar-refractivity contribution is 7.90. The van der Waals surface area contributed by atoms with Crippen molar-refractivity contribution in [2.45, 2.75) is 17.9 Å². The predicted octanol–water partition coefficient (Wildman–Crippen LogP) is 2.42. The highest BCUT2D eigenvalue weighted by Crippen LogP contribution is 2.20. The van der Waals surface area contributed by atoms with Crippen LogP contribution in [0.3, 0.4) is 0 Å². The largest absolute Gasteiger partial charge is 0.612 e. The highest BCUT2D eigenvalue weighted by atomic mass is 35.5. The number of benzene rings is 1. The van der Waals surface area contributed by atoms with Crippen LogP contribution in [0.15, 0.2) is 47.8 Å². The van der Waals surface area contributed by atoms with E-state index in [0.717, 1.165) is 0 Å². The molecular weight excluding hydrogens is 400 g/mol. The van der Waals surface area contributed by atoms with Crippen LogP contribution in [0, 0.1) is 11.3 Å². The number of hydrogen-bond donors (Lipinski definition) is 1. The second-order valence-corrected chi connectivity index (χ2v) is 7.69. The van der Waals surface area contributed by atoms with Gasteiger partial charge in [0.1, 0.15) is 18.7 Å². The molecule has 0 aliphatic carbocycles. The molecule has 0 spiro atoms. The smallest absolute Gasteiger partial charge is 0.252 e. The molecule has 2 aromatic heterocycles. The Morgan fingerprint density at radius 1 is 1.36 bits per heavy atom. The number of nitrogens with one attached hydrogen (secondary N) is 1. The monoisotopic (exact) mass is 414 g/mol. The number of carbonyl (C=O) groups excluding carboxylic acids is 1. The lowest BCUT2D eigenvalue weighted by atomic mass is 10.2. The fourth-order valence-electron chi connectivity index (χ4n) is 2.50. The Kier molecular flexibility index (Phi) is 5.94. The molecule has 0 bridgehead atoms. The first kappa shape index (κ1) is 19.8. The van der Waals surface area contributed by atoms with Crippen molar-refractivity contribution in [3.63, 3.8) is 0 Å². The zero-order valence-corrected chi connectivity index (χ0v) is 16.5. The van der Waals surface area contributed by atoms with Crippen LogP contribution in [-0.2, 0) is 11.2 Å².